The van der Waals surface area contributed by atoms with Gasteiger partial charge in [0.25, 0.3) is 0 Å². The van der Waals surface area contributed by atoms with Gasteiger partial charge in [-0.1, -0.05) is 11.6 Å². The van der Waals surface area contributed by atoms with Gasteiger partial charge in [-0.15, -0.1) is 0 Å². The van der Waals surface area contributed by atoms with E-state index in [0.29, 0.717) is 23.4 Å². The van der Waals surface area contributed by atoms with Crippen LogP contribution < -0.4 is 15.4 Å². The van der Waals surface area contributed by atoms with Gasteiger partial charge in [-0.3, -0.25) is 0 Å². The quantitative estimate of drug-likeness (QED) is 0.834. The SMILES string of the molecule is COc1ncc(Cl)c(N(C)C(C)CN)n1. The molecule has 0 radical (unpaired) electrons. The molecule has 0 saturated carbocycles. The lowest BCUT2D eigenvalue weighted by Gasteiger charge is -2.25. The fourth-order valence-electron chi connectivity index (χ4n) is 1.06. The molecule has 0 aromatic carbocycles. The molecular weight excluding hydrogens is 216 g/mol. The van der Waals surface area contributed by atoms with Crippen molar-refractivity contribution in [3.63, 3.8) is 0 Å². The Hall–Kier alpha value is -1.07. The highest BCUT2D eigenvalue weighted by Gasteiger charge is 2.14. The molecule has 5 nitrogen and oxygen atoms in total. The van der Waals surface area contributed by atoms with Crippen molar-refractivity contribution in [1.29, 1.82) is 0 Å². The summed E-state index contributed by atoms with van der Waals surface area (Å²) in [6, 6.07) is 0.451. The second-order valence-electron chi connectivity index (χ2n) is 3.22. The van der Waals surface area contributed by atoms with Crippen molar-refractivity contribution >= 4 is 17.4 Å². The molecule has 0 spiro atoms. The lowest BCUT2D eigenvalue weighted by atomic mass is 10.3. The lowest BCUT2D eigenvalue weighted by molar-refractivity contribution is 0.379. The van der Waals surface area contributed by atoms with Gasteiger partial charge in [0.2, 0.25) is 0 Å². The fraction of sp³-hybridized carbons (Fsp3) is 0.556. The largest absolute Gasteiger partial charge is 0.467 e. The molecule has 15 heavy (non-hydrogen) atoms. The number of likely N-dealkylation sites (N-methyl/N-ethyl adjacent to an activating group) is 1. The number of methoxy groups -OCH3 is 1. The van der Waals surface area contributed by atoms with Crippen molar-refractivity contribution in [2.75, 3.05) is 25.6 Å². The number of anilines is 1. The van der Waals surface area contributed by atoms with Crippen LogP contribution >= 0.6 is 11.6 Å². The molecular formula is C9H15ClN4O. The smallest absolute Gasteiger partial charge is 0.318 e. The molecule has 1 rings (SSSR count). The van der Waals surface area contributed by atoms with Crippen molar-refractivity contribution in [3.05, 3.63) is 11.2 Å². The van der Waals surface area contributed by atoms with Gasteiger partial charge >= 0.3 is 6.01 Å². The van der Waals surface area contributed by atoms with Crippen LogP contribution in [0, 0.1) is 0 Å². The Morgan fingerprint density at radius 3 is 2.87 bits per heavy atom. The van der Waals surface area contributed by atoms with Crippen molar-refractivity contribution in [2.24, 2.45) is 5.73 Å². The first-order valence-electron chi connectivity index (χ1n) is 4.59. The van der Waals surface area contributed by atoms with E-state index in [1.54, 1.807) is 0 Å². The van der Waals surface area contributed by atoms with Crippen LogP contribution in [0.25, 0.3) is 0 Å². The van der Waals surface area contributed by atoms with E-state index < -0.39 is 0 Å². The molecule has 0 aliphatic heterocycles. The number of hydrogen-bond acceptors (Lipinski definition) is 5. The Morgan fingerprint density at radius 1 is 1.67 bits per heavy atom. The van der Waals surface area contributed by atoms with Crippen LogP contribution in [0.5, 0.6) is 6.01 Å². The third kappa shape index (κ3) is 2.70. The predicted octanol–water partition coefficient (Wildman–Crippen LogP) is 0.922. The first-order valence-corrected chi connectivity index (χ1v) is 4.97. The Labute approximate surface area is 94.2 Å². The highest BCUT2D eigenvalue weighted by molar-refractivity contribution is 6.32. The highest BCUT2D eigenvalue weighted by atomic mass is 35.5. The zero-order valence-electron chi connectivity index (χ0n) is 9.07. The molecule has 6 heteroatoms. The minimum absolute atomic E-state index is 0.155. The first-order chi connectivity index (χ1) is 7.10. The van der Waals surface area contributed by atoms with Crippen LogP contribution in [-0.4, -0.2) is 36.7 Å². The van der Waals surface area contributed by atoms with E-state index in [1.807, 2.05) is 18.9 Å². The topological polar surface area (TPSA) is 64.3 Å². The summed E-state index contributed by atoms with van der Waals surface area (Å²) in [5, 5.41) is 0.485. The van der Waals surface area contributed by atoms with Crippen LogP contribution in [0.1, 0.15) is 6.92 Å². The fourth-order valence-corrected chi connectivity index (χ4v) is 1.28. The van der Waals surface area contributed by atoms with Gasteiger partial charge in [-0.05, 0) is 6.92 Å². The molecule has 1 aromatic heterocycles. The zero-order valence-corrected chi connectivity index (χ0v) is 9.82. The molecule has 0 saturated heterocycles. The summed E-state index contributed by atoms with van der Waals surface area (Å²) in [7, 11) is 3.39. The molecule has 1 unspecified atom stereocenters. The number of nitrogens with two attached hydrogens (primary N) is 1. The molecule has 1 heterocycles. The zero-order chi connectivity index (χ0) is 11.4. The number of ether oxygens (including phenoxy) is 1. The summed E-state index contributed by atoms with van der Waals surface area (Å²) in [5.74, 6) is 0.626. The third-order valence-electron chi connectivity index (χ3n) is 2.22. The summed E-state index contributed by atoms with van der Waals surface area (Å²) in [6.07, 6.45) is 1.52. The summed E-state index contributed by atoms with van der Waals surface area (Å²) >= 11 is 5.99. The molecule has 1 atom stereocenters. The predicted molar refractivity (Wildman–Crippen MR) is 60.5 cm³/mol. The monoisotopic (exact) mass is 230 g/mol. The average molecular weight is 231 g/mol. The minimum Gasteiger partial charge on any atom is -0.467 e. The van der Waals surface area contributed by atoms with Crippen molar-refractivity contribution < 1.29 is 4.74 Å². The summed E-state index contributed by atoms with van der Waals surface area (Å²) in [6.45, 7) is 2.52. The van der Waals surface area contributed by atoms with E-state index in [2.05, 4.69) is 9.97 Å². The van der Waals surface area contributed by atoms with Crippen LogP contribution in [0.2, 0.25) is 5.02 Å². The first kappa shape index (κ1) is 12.0. The normalized spacial score (nSPS) is 12.3. The third-order valence-corrected chi connectivity index (χ3v) is 2.49. The maximum atomic E-state index is 5.99. The summed E-state index contributed by atoms with van der Waals surface area (Å²) < 4.78 is 4.93. The molecule has 0 aliphatic rings. The minimum atomic E-state index is 0.155. The van der Waals surface area contributed by atoms with Crippen LogP contribution in [0.3, 0.4) is 0 Å². The van der Waals surface area contributed by atoms with Gasteiger partial charge in [-0.25, -0.2) is 4.98 Å². The Bertz CT molecular complexity index is 334. The lowest BCUT2D eigenvalue weighted by Crippen LogP contribution is -2.36. The van der Waals surface area contributed by atoms with Gasteiger partial charge in [0.05, 0.1) is 13.3 Å². The highest BCUT2D eigenvalue weighted by Crippen LogP contribution is 2.24. The maximum Gasteiger partial charge on any atom is 0.318 e. The standard InChI is InChI=1S/C9H15ClN4O/c1-6(4-11)14(2)8-7(10)5-12-9(13-8)15-3/h5-6H,4,11H2,1-3H3. The van der Waals surface area contributed by atoms with Gasteiger partial charge in [0, 0.05) is 19.6 Å². The van der Waals surface area contributed by atoms with Crippen LogP contribution in [-0.2, 0) is 0 Å². The van der Waals surface area contributed by atoms with Crippen LogP contribution in [0.4, 0.5) is 5.82 Å². The second-order valence-corrected chi connectivity index (χ2v) is 3.63. The molecule has 2 N–H and O–H groups in total. The second kappa shape index (κ2) is 5.14. The van der Waals surface area contributed by atoms with Gasteiger partial charge in [-0.2, -0.15) is 4.98 Å². The van der Waals surface area contributed by atoms with Crippen molar-refractivity contribution in [2.45, 2.75) is 13.0 Å². The molecule has 0 aliphatic carbocycles. The van der Waals surface area contributed by atoms with E-state index in [9.17, 15) is 0 Å². The molecule has 0 amide bonds. The number of rotatable bonds is 4. The Morgan fingerprint density at radius 2 is 2.33 bits per heavy atom. The van der Waals surface area contributed by atoms with E-state index in [-0.39, 0.29) is 6.04 Å². The Balaban J connectivity index is 3.01. The van der Waals surface area contributed by atoms with Gasteiger partial charge in [0.15, 0.2) is 5.82 Å². The van der Waals surface area contributed by atoms with Crippen molar-refractivity contribution in [1.82, 2.24) is 9.97 Å². The number of halogens is 1. The molecule has 0 bridgehead atoms. The van der Waals surface area contributed by atoms with E-state index in [1.165, 1.54) is 13.3 Å². The van der Waals surface area contributed by atoms with E-state index >= 15 is 0 Å². The van der Waals surface area contributed by atoms with Crippen LogP contribution in [0.15, 0.2) is 6.20 Å². The number of nitrogens with zero attached hydrogens (tertiary/aromatic N) is 3. The van der Waals surface area contributed by atoms with Crippen molar-refractivity contribution in [3.8, 4) is 6.01 Å². The molecule has 1 aromatic rings. The summed E-state index contributed by atoms with van der Waals surface area (Å²) in [5.41, 5.74) is 5.57. The van der Waals surface area contributed by atoms with E-state index in [4.69, 9.17) is 22.1 Å². The average Bonchev–Trinajstić information content (AvgIpc) is 2.27. The number of aromatic nitrogens is 2. The van der Waals surface area contributed by atoms with E-state index in [0.717, 1.165) is 0 Å². The number of hydrogen-bond donors (Lipinski definition) is 1. The Kier molecular flexibility index (Phi) is 4.11. The van der Waals surface area contributed by atoms with Gasteiger partial charge in [0.1, 0.15) is 5.02 Å². The summed E-state index contributed by atoms with van der Waals surface area (Å²) in [4.78, 5) is 9.96. The van der Waals surface area contributed by atoms with Gasteiger partial charge < -0.3 is 15.4 Å². The maximum absolute atomic E-state index is 5.99. The molecule has 0 fully saturated rings. The molecule has 84 valence electrons.